The second kappa shape index (κ2) is 10.6. The van der Waals surface area contributed by atoms with Crippen LogP contribution in [0.4, 0.5) is 0 Å². The molecule has 0 bridgehead atoms. The number of aryl methyl sites for hydroxylation is 4. The maximum Gasteiger partial charge on any atom is 0.330 e. The Kier molecular flexibility index (Phi) is 8.10. The van der Waals surface area contributed by atoms with Gasteiger partial charge in [0.1, 0.15) is 0 Å². The molecule has 174 valence electrons. The van der Waals surface area contributed by atoms with E-state index in [1.54, 1.807) is 0 Å². The van der Waals surface area contributed by atoms with Crippen molar-refractivity contribution in [2.75, 3.05) is 0 Å². The van der Waals surface area contributed by atoms with Crippen LogP contribution in [0.15, 0.2) is 31.6 Å². The van der Waals surface area contributed by atoms with E-state index in [0.717, 1.165) is 9.13 Å². The lowest BCUT2D eigenvalue weighted by molar-refractivity contribution is -0.138. The highest BCUT2D eigenvalue weighted by atomic mass is 16.4. The van der Waals surface area contributed by atoms with Gasteiger partial charge in [0.25, 0.3) is 11.1 Å². The summed E-state index contributed by atoms with van der Waals surface area (Å²) in [5, 5.41) is 17.6. The summed E-state index contributed by atoms with van der Waals surface area (Å²) in [5.74, 6) is -2.13. The second-order valence-corrected chi connectivity index (χ2v) is 7.48. The van der Waals surface area contributed by atoms with Gasteiger partial charge in [0.2, 0.25) is 0 Å². The van der Waals surface area contributed by atoms with Crippen molar-refractivity contribution < 1.29 is 19.8 Å². The lowest BCUT2D eigenvalue weighted by Gasteiger charge is -2.12. The summed E-state index contributed by atoms with van der Waals surface area (Å²) < 4.78 is 4.39. The molecule has 0 fully saturated rings. The van der Waals surface area contributed by atoms with Crippen molar-refractivity contribution in [3.63, 3.8) is 0 Å². The van der Waals surface area contributed by atoms with Crippen molar-refractivity contribution in [2.24, 2.45) is 0 Å². The standard InChI is InChI=1S/C20H26N4O8/c1-13-11-21(9-5-15(25)26)19(31)23(17(13)29)7-3-4-8-24-18(30)14(2)12-22(20(24)32)10-6-16(27)28/h11-12H,3-10H2,1-2H3,(H,25,26)(H,27,28). The molecule has 0 aliphatic carbocycles. The molecule has 0 aliphatic heterocycles. The van der Waals surface area contributed by atoms with E-state index < -0.39 is 34.4 Å². The molecule has 0 aromatic carbocycles. The summed E-state index contributed by atoms with van der Waals surface area (Å²) >= 11 is 0. The summed E-state index contributed by atoms with van der Waals surface area (Å²) in [5.41, 5.74) is -1.61. The number of aromatic nitrogens is 4. The first-order chi connectivity index (χ1) is 15.0. The zero-order chi connectivity index (χ0) is 24.0. The predicted octanol–water partition coefficient (Wildman–Crippen LogP) is -0.620. The number of nitrogens with zero attached hydrogens (tertiary/aromatic N) is 4. The van der Waals surface area contributed by atoms with E-state index >= 15 is 0 Å². The van der Waals surface area contributed by atoms with Crippen LogP contribution in [0.2, 0.25) is 0 Å². The molecule has 2 N–H and O–H groups in total. The minimum Gasteiger partial charge on any atom is -0.481 e. The quantitative estimate of drug-likeness (QED) is 0.428. The molecule has 32 heavy (non-hydrogen) atoms. The number of carbonyl (C=O) groups is 2. The molecule has 0 saturated carbocycles. The molecule has 0 atom stereocenters. The number of hydrogen-bond acceptors (Lipinski definition) is 6. The summed E-state index contributed by atoms with van der Waals surface area (Å²) in [7, 11) is 0. The van der Waals surface area contributed by atoms with Crippen LogP contribution in [0.25, 0.3) is 0 Å². The zero-order valence-electron chi connectivity index (χ0n) is 17.9. The van der Waals surface area contributed by atoms with Crippen LogP contribution >= 0.6 is 0 Å². The maximum absolute atomic E-state index is 12.5. The van der Waals surface area contributed by atoms with Gasteiger partial charge in [-0.3, -0.25) is 37.4 Å². The number of unbranched alkanes of at least 4 members (excludes halogenated alkanes) is 1. The number of carboxylic acids is 2. The monoisotopic (exact) mass is 450 g/mol. The lowest BCUT2D eigenvalue weighted by Crippen LogP contribution is -2.42. The Balaban J connectivity index is 2.16. The van der Waals surface area contributed by atoms with Crippen LogP contribution in [0.3, 0.4) is 0 Å². The van der Waals surface area contributed by atoms with E-state index in [4.69, 9.17) is 10.2 Å². The van der Waals surface area contributed by atoms with Gasteiger partial charge in [-0.05, 0) is 26.7 Å². The Hall–Kier alpha value is -3.70. The Bertz CT molecular complexity index is 1150. The first-order valence-electron chi connectivity index (χ1n) is 10.1. The lowest BCUT2D eigenvalue weighted by atomic mass is 10.2. The van der Waals surface area contributed by atoms with Gasteiger partial charge >= 0.3 is 23.3 Å². The van der Waals surface area contributed by atoms with Crippen LogP contribution in [-0.4, -0.2) is 40.4 Å². The van der Waals surface area contributed by atoms with Crippen molar-refractivity contribution in [1.29, 1.82) is 0 Å². The molecule has 0 amide bonds. The fourth-order valence-corrected chi connectivity index (χ4v) is 3.28. The van der Waals surface area contributed by atoms with Crippen molar-refractivity contribution in [3.8, 4) is 0 Å². The van der Waals surface area contributed by atoms with Gasteiger partial charge in [0, 0.05) is 49.7 Å². The fourth-order valence-electron chi connectivity index (χ4n) is 3.28. The summed E-state index contributed by atoms with van der Waals surface area (Å²) in [4.78, 5) is 71.3. The Morgan fingerprint density at radius 2 is 1.03 bits per heavy atom. The van der Waals surface area contributed by atoms with Crippen molar-refractivity contribution in [1.82, 2.24) is 18.3 Å². The zero-order valence-corrected chi connectivity index (χ0v) is 17.9. The van der Waals surface area contributed by atoms with Crippen molar-refractivity contribution in [3.05, 3.63) is 65.2 Å². The third-order valence-corrected chi connectivity index (χ3v) is 4.96. The fraction of sp³-hybridized carbons (Fsp3) is 0.500. The molecule has 0 aliphatic rings. The largest absolute Gasteiger partial charge is 0.481 e. The molecule has 0 unspecified atom stereocenters. The van der Waals surface area contributed by atoms with Crippen molar-refractivity contribution in [2.45, 2.75) is 65.7 Å². The molecule has 2 aromatic heterocycles. The first-order valence-corrected chi connectivity index (χ1v) is 10.1. The third-order valence-electron chi connectivity index (χ3n) is 4.96. The minimum atomic E-state index is -1.06. The Morgan fingerprint density at radius 3 is 1.34 bits per heavy atom. The number of rotatable bonds is 11. The van der Waals surface area contributed by atoms with E-state index in [1.807, 2.05) is 0 Å². The van der Waals surface area contributed by atoms with Crippen LogP contribution in [0.1, 0.15) is 36.8 Å². The van der Waals surface area contributed by atoms with Crippen LogP contribution in [0.5, 0.6) is 0 Å². The van der Waals surface area contributed by atoms with Gasteiger partial charge < -0.3 is 10.2 Å². The average Bonchev–Trinajstić information content (AvgIpc) is 2.72. The maximum atomic E-state index is 12.5. The Labute approximate surface area is 181 Å². The van der Waals surface area contributed by atoms with E-state index in [1.165, 1.54) is 35.4 Å². The molecular weight excluding hydrogens is 424 g/mol. The minimum absolute atomic E-state index is 0.0419. The Morgan fingerprint density at radius 1 is 0.688 bits per heavy atom. The van der Waals surface area contributed by atoms with Gasteiger partial charge in [0.05, 0.1) is 12.8 Å². The highest BCUT2D eigenvalue weighted by molar-refractivity contribution is 5.66. The third kappa shape index (κ3) is 5.93. The number of hydrogen-bond donors (Lipinski definition) is 2. The second-order valence-electron chi connectivity index (χ2n) is 7.48. The topological polar surface area (TPSA) is 163 Å². The van der Waals surface area contributed by atoms with Crippen LogP contribution < -0.4 is 22.5 Å². The highest BCUT2D eigenvalue weighted by Gasteiger charge is 2.12. The van der Waals surface area contributed by atoms with Gasteiger partial charge in [0.15, 0.2) is 0 Å². The van der Waals surface area contributed by atoms with Gasteiger partial charge in [-0.1, -0.05) is 0 Å². The molecule has 0 radical (unpaired) electrons. The summed E-state index contributed by atoms with van der Waals surface area (Å²) in [6, 6.07) is 0. The average molecular weight is 450 g/mol. The van der Waals surface area contributed by atoms with E-state index in [9.17, 15) is 28.8 Å². The van der Waals surface area contributed by atoms with Gasteiger partial charge in [-0.15, -0.1) is 0 Å². The van der Waals surface area contributed by atoms with Crippen LogP contribution in [-0.2, 0) is 35.8 Å². The molecule has 2 rings (SSSR count). The molecule has 0 saturated heterocycles. The number of carboxylic acid groups (broad SMARTS) is 2. The molecule has 12 nitrogen and oxygen atoms in total. The van der Waals surface area contributed by atoms with Gasteiger partial charge in [-0.2, -0.15) is 0 Å². The molecule has 12 heteroatoms. The van der Waals surface area contributed by atoms with Crippen LogP contribution in [0, 0.1) is 13.8 Å². The van der Waals surface area contributed by atoms with E-state index in [0.29, 0.717) is 24.0 Å². The number of aliphatic carboxylic acids is 2. The highest BCUT2D eigenvalue weighted by Crippen LogP contribution is 1.97. The van der Waals surface area contributed by atoms with E-state index in [-0.39, 0.29) is 39.0 Å². The van der Waals surface area contributed by atoms with Gasteiger partial charge in [-0.25, -0.2) is 9.59 Å². The summed E-state index contributed by atoms with van der Waals surface area (Å²) in [6.07, 6.45) is 2.76. The van der Waals surface area contributed by atoms with E-state index in [2.05, 4.69) is 0 Å². The molecule has 2 aromatic rings. The van der Waals surface area contributed by atoms with Crippen molar-refractivity contribution >= 4 is 11.9 Å². The summed E-state index contributed by atoms with van der Waals surface area (Å²) in [6.45, 7) is 3.01. The first kappa shape index (κ1) is 24.6. The SMILES string of the molecule is Cc1cn(CCC(=O)O)c(=O)n(CCCCn2c(=O)c(C)cn(CCC(=O)O)c2=O)c1=O. The molecule has 0 spiro atoms. The smallest absolute Gasteiger partial charge is 0.330 e. The molecule has 2 heterocycles. The predicted molar refractivity (Wildman–Crippen MR) is 113 cm³/mol. The normalized spacial score (nSPS) is 10.9. The molecular formula is C20H26N4O8.